The highest BCUT2D eigenvalue weighted by atomic mass is 32.2. The zero-order valence-corrected chi connectivity index (χ0v) is 24.2. The number of hydrogen-bond acceptors (Lipinski definition) is 9. The van der Waals surface area contributed by atoms with Gasteiger partial charge in [-0.15, -0.1) is 11.3 Å². The smallest absolute Gasteiger partial charge is 0.271 e. The van der Waals surface area contributed by atoms with Crippen LogP contribution in [0.4, 0.5) is 5.69 Å². The molecule has 0 saturated heterocycles. The summed E-state index contributed by atoms with van der Waals surface area (Å²) in [6, 6.07) is 18.1. The number of fused-ring (bicyclic) bond motifs is 1. The molecule has 0 spiro atoms. The fraction of sp³-hybridized carbons (Fsp3) is 0.138. The predicted molar refractivity (Wildman–Crippen MR) is 157 cm³/mol. The quantitative estimate of drug-likeness (QED) is 0.279. The minimum absolute atomic E-state index is 0.233. The molecule has 1 aromatic carbocycles. The number of carbonyl (C=O) groups excluding carboxylic acids is 1. The maximum absolute atomic E-state index is 13.8. The molecule has 11 heteroatoms. The Kier molecular flexibility index (Phi) is 7.09. The van der Waals surface area contributed by atoms with E-state index in [4.69, 9.17) is 4.42 Å². The molecule has 6 rings (SSSR count). The molecule has 0 radical (unpaired) electrons. The summed E-state index contributed by atoms with van der Waals surface area (Å²) in [5.41, 5.74) is 3.22. The number of aromatic nitrogens is 3. The van der Waals surface area contributed by atoms with Crippen molar-refractivity contribution in [2.45, 2.75) is 37.1 Å². The van der Waals surface area contributed by atoms with E-state index < -0.39 is 6.04 Å². The van der Waals surface area contributed by atoms with Crippen LogP contribution in [-0.2, 0) is 4.79 Å². The molecule has 1 aliphatic heterocycles. The third-order valence-corrected chi connectivity index (χ3v) is 8.83. The molecule has 0 aliphatic carbocycles. The van der Waals surface area contributed by atoms with Crippen molar-refractivity contribution in [1.29, 1.82) is 0 Å². The van der Waals surface area contributed by atoms with E-state index in [9.17, 15) is 9.59 Å². The number of amides is 1. The van der Waals surface area contributed by atoms with Crippen molar-refractivity contribution in [1.82, 2.24) is 14.5 Å². The van der Waals surface area contributed by atoms with E-state index in [0.717, 1.165) is 16.3 Å². The summed E-state index contributed by atoms with van der Waals surface area (Å²) in [7, 11) is 0. The number of thiophene rings is 1. The Bertz CT molecular complexity index is 1920. The van der Waals surface area contributed by atoms with E-state index >= 15 is 0 Å². The van der Waals surface area contributed by atoms with Crippen LogP contribution in [0.25, 0.3) is 6.08 Å². The fourth-order valence-corrected chi connectivity index (χ4v) is 7.16. The summed E-state index contributed by atoms with van der Waals surface area (Å²) in [5.74, 6) is 0.240. The van der Waals surface area contributed by atoms with E-state index in [1.165, 1.54) is 34.4 Å². The second-order valence-corrected chi connectivity index (χ2v) is 12.1. The first-order chi connectivity index (χ1) is 19.4. The Labute approximate surface area is 241 Å². The summed E-state index contributed by atoms with van der Waals surface area (Å²) >= 11 is 4.09. The van der Waals surface area contributed by atoms with Gasteiger partial charge in [0.25, 0.3) is 11.5 Å². The van der Waals surface area contributed by atoms with Crippen LogP contribution in [0.15, 0.2) is 102 Å². The number of rotatable bonds is 6. The van der Waals surface area contributed by atoms with Gasteiger partial charge in [0.2, 0.25) is 0 Å². The molecular weight excluding hydrogens is 563 g/mol. The Hall–Kier alpha value is -4.06. The molecule has 5 heterocycles. The van der Waals surface area contributed by atoms with Gasteiger partial charge in [-0.2, -0.15) is 0 Å². The summed E-state index contributed by atoms with van der Waals surface area (Å²) in [4.78, 5) is 42.3. The molecule has 0 fully saturated rings. The SMILES string of the molecule is CC1=C(C(=O)Nc2ccccc2)[C@H](c2cccs2)n2c(s/c(=C/c3ccc(Sc4nc(C)cc(C)n4)o3)c2=O)=N1. The second-order valence-electron chi connectivity index (χ2n) is 9.11. The topological polar surface area (TPSA) is 102 Å². The summed E-state index contributed by atoms with van der Waals surface area (Å²) in [6.45, 7) is 5.66. The highest BCUT2D eigenvalue weighted by Gasteiger charge is 2.33. The largest absolute Gasteiger partial charge is 0.450 e. The molecule has 4 aromatic heterocycles. The normalized spacial score (nSPS) is 15.2. The van der Waals surface area contributed by atoms with Crippen LogP contribution >= 0.6 is 34.4 Å². The lowest BCUT2D eigenvalue weighted by atomic mass is 10.0. The first-order valence-electron chi connectivity index (χ1n) is 12.4. The maximum atomic E-state index is 13.8. The first-order valence-corrected chi connectivity index (χ1v) is 14.9. The van der Waals surface area contributed by atoms with Gasteiger partial charge in [0.15, 0.2) is 15.1 Å². The molecule has 1 aliphatic rings. The van der Waals surface area contributed by atoms with E-state index in [-0.39, 0.29) is 11.5 Å². The molecule has 40 heavy (non-hydrogen) atoms. The van der Waals surface area contributed by atoms with E-state index in [1.807, 2.05) is 86.8 Å². The maximum Gasteiger partial charge on any atom is 0.271 e. The first kappa shape index (κ1) is 26.2. The zero-order chi connectivity index (χ0) is 27.8. The van der Waals surface area contributed by atoms with Crippen LogP contribution < -0.4 is 20.2 Å². The van der Waals surface area contributed by atoms with Crippen molar-refractivity contribution < 1.29 is 9.21 Å². The molecule has 5 aromatic rings. The monoisotopic (exact) mass is 585 g/mol. The molecule has 1 atom stereocenters. The standard InChI is InChI=1S/C29H23N5O3S3/c1-16-14-17(2)31-28(30-16)40-23-12-11-20(37-23)15-22-27(36)34-25(21-10-7-13-38-21)24(18(3)32-29(34)39-22)26(35)33-19-8-5-4-6-9-19/h4-15,25H,1-3H3,(H,33,35)/b22-15+/t25-/m0/s1. The van der Waals surface area contributed by atoms with Gasteiger partial charge >= 0.3 is 0 Å². The van der Waals surface area contributed by atoms with Gasteiger partial charge in [0, 0.05) is 28.0 Å². The summed E-state index contributed by atoms with van der Waals surface area (Å²) in [6.07, 6.45) is 1.71. The van der Waals surface area contributed by atoms with Crippen molar-refractivity contribution in [3.63, 3.8) is 0 Å². The van der Waals surface area contributed by atoms with Crippen LogP contribution in [0.2, 0.25) is 0 Å². The molecule has 1 amide bonds. The second kappa shape index (κ2) is 10.8. The number of hydrogen-bond donors (Lipinski definition) is 1. The highest BCUT2D eigenvalue weighted by molar-refractivity contribution is 7.99. The molecule has 1 N–H and O–H groups in total. The minimum atomic E-state index is -0.591. The lowest BCUT2D eigenvalue weighted by Gasteiger charge is -2.24. The van der Waals surface area contributed by atoms with Crippen LogP contribution in [0.1, 0.15) is 35.0 Å². The number of nitrogens with zero attached hydrogens (tertiary/aromatic N) is 4. The third kappa shape index (κ3) is 5.23. The van der Waals surface area contributed by atoms with Crippen molar-refractivity contribution in [2.75, 3.05) is 5.32 Å². The van der Waals surface area contributed by atoms with Gasteiger partial charge in [0.1, 0.15) is 11.8 Å². The number of allylic oxidation sites excluding steroid dienone is 1. The molecule has 0 saturated carbocycles. The lowest BCUT2D eigenvalue weighted by Crippen LogP contribution is -2.40. The van der Waals surface area contributed by atoms with Crippen molar-refractivity contribution in [3.8, 4) is 0 Å². The zero-order valence-electron chi connectivity index (χ0n) is 21.7. The van der Waals surface area contributed by atoms with Gasteiger partial charge in [-0.1, -0.05) is 35.6 Å². The number of anilines is 1. The fourth-order valence-electron chi connectivity index (χ4n) is 4.47. The van der Waals surface area contributed by atoms with E-state index in [2.05, 4.69) is 20.3 Å². The number of furan rings is 1. The van der Waals surface area contributed by atoms with Gasteiger partial charge in [-0.25, -0.2) is 15.0 Å². The van der Waals surface area contributed by atoms with Crippen LogP contribution in [-0.4, -0.2) is 20.4 Å². The Morgan fingerprint density at radius 1 is 1.05 bits per heavy atom. The Morgan fingerprint density at radius 2 is 1.82 bits per heavy atom. The third-order valence-electron chi connectivity index (χ3n) is 6.14. The van der Waals surface area contributed by atoms with Gasteiger partial charge in [0.05, 0.1) is 15.8 Å². The average Bonchev–Trinajstić information content (AvgIpc) is 3.65. The van der Waals surface area contributed by atoms with E-state index in [0.29, 0.717) is 42.3 Å². The number of aryl methyl sites for hydroxylation is 2. The molecule has 200 valence electrons. The molecule has 8 nitrogen and oxygen atoms in total. The van der Waals surface area contributed by atoms with E-state index in [1.54, 1.807) is 10.6 Å². The Balaban J connectivity index is 1.37. The predicted octanol–water partition coefficient (Wildman–Crippen LogP) is 5.09. The van der Waals surface area contributed by atoms with Crippen molar-refractivity contribution >= 4 is 52.1 Å². The van der Waals surface area contributed by atoms with Crippen LogP contribution in [0.5, 0.6) is 0 Å². The molecule has 0 bridgehead atoms. The number of nitrogens with one attached hydrogen (secondary N) is 1. The average molecular weight is 586 g/mol. The number of para-hydroxylation sites is 1. The number of benzene rings is 1. The summed E-state index contributed by atoms with van der Waals surface area (Å²) in [5, 5.41) is 6.12. The molecule has 0 unspecified atom stereocenters. The Morgan fingerprint density at radius 3 is 2.55 bits per heavy atom. The minimum Gasteiger partial charge on any atom is -0.450 e. The van der Waals surface area contributed by atoms with Crippen molar-refractivity contribution in [2.24, 2.45) is 4.99 Å². The van der Waals surface area contributed by atoms with Gasteiger partial charge in [-0.05, 0) is 74.3 Å². The number of carbonyl (C=O) groups is 1. The summed E-state index contributed by atoms with van der Waals surface area (Å²) < 4.78 is 8.06. The van der Waals surface area contributed by atoms with Gasteiger partial charge < -0.3 is 9.73 Å². The van der Waals surface area contributed by atoms with Gasteiger partial charge in [-0.3, -0.25) is 14.2 Å². The highest BCUT2D eigenvalue weighted by Crippen LogP contribution is 2.33. The lowest BCUT2D eigenvalue weighted by molar-refractivity contribution is -0.113. The molecular formula is C29H23N5O3S3. The number of thiazole rings is 1. The van der Waals surface area contributed by atoms with Crippen LogP contribution in [0, 0.1) is 13.8 Å². The van der Waals surface area contributed by atoms with Crippen LogP contribution in [0.3, 0.4) is 0 Å². The van der Waals surface area contributed by atoms with Crippen molar-refractivity contribution in [3.05, 3.63) is 119 Å².